The summed E-state index contributed by atoms with van der Waals surface area (Å²) in [6.07, 6.45) is 0. The van der Waals surface area contributed by atoms with Gasteiger partial charge in [-0.25, -0.2) is 0 Å². The minimum Gasteiger partial charge on any atom is -0.504 e. The van der Waals surface area contributed by atoms with Crippen molar-refractivity contribution in [2.24, 2.45) is 0 Å². The van der Waals surface area contributed by atoms with E-state index in [1.807, 2.05) is 19.9 Å². The molecule has 0 aliphatic heterocycles. The summed E-state index contributed by atoms with van der Waals surface area (Å²) >= 11 is 0. The van der Waals surface area contributed by atoms with E-state index in [4.69, 9.17) is 9.84 Å². The second kappa shape index (κ2) is 5.18. The Morgan fingerprint density at radius 2 is 2.06 bits per heavy atom. The smallest absolute Gasteiger partial charge is 0.160 e. The number of nitrogens with one attached hydrogen (secondary N) is 1. The Morgan fingerprint density at radius 1 is 1.38 bits per heavy atom. The first kappa shape index (κ1) is 12.8. The Bertz CT molecular complexity index is 350. The third-order valence-corrected chi connectivity index (χ3v) is 2.41. The zero-order valence-corrected chi connectivity index (χ0v) is 9.95. The van der Waals surface area contributed by atoms with Crippen molar-refractivity contribution >= 4 is 0 Å². The number of ether oxygens (including phenoxy) is 1. The van der Waals surface area contributed by atoms with Crippen LogP contribution in [0.1, 0.15) is 19.4 Å². The lowest BCUT2D eigenvalue weighted by molar-refractivity contribution is 0.187. The van der Waals surface area contributed by atoms with E-state index in [0.717, 1.165) is 5.56 Å². The summed E-state index contributed by atoms with van der Waals surface area (Å²) in [4.78, 5) is 0. The SMILES string of the molecule is COc1ccc(CNC(C)(C)CO)cc1O. The number of rotatable bonds is 5. The van der Waals surface area contributed by atoms with Crippen LogP contribution in [0.5, 0.6) is 11.5 Å². The fourth-order valence-electron chi connectivity index (χ4n) is 1.24. The number of aliphatic hydroxyl groups excluding tert-OH is 1. The van der Waals surface area contributed by atoms with Crippen molar-refractivity contribution < 1.29 is 14.9 Å². The monoisotopic (exact) mass is 225 g/mol. The minimum atomic E-state index is -0.324. The van der Waals surface area contributed by atoms with Crippen molar-refractivity contribution in [3.05, 3.63) is 23.8 Å². The van der Waals surface area contributed by atoms with Crippen LogP contribution in [-0.2, 0) is 6.54 Å². The van der Waals surface area contributed by atoms with Gasteiger partial charge in [0, 0.05) is 12.1 Å². The summed E-state index contributed by atoms with van der Waals surface area (Å²) in [5, 5.41) is 21.8. The molecule has 4 nitrogen and oxygen atoms in total. The fraction of sp³-hybridized carbons (Fsp3) is 0.500. The number of aliphatic hydroxyl groups is 1. The second-order valence-corrected chi connectivity index (χ2v) is 4.40. The van der Waals surface area contributed by atoms with Gasteiger partial charge in [0.25, 0.3) is 0 Å². The lowest BCUT2D eigenvalue weighted by atomic mass is 10.1. The van der Waals surface area contributed by atoms with E-state index in [2.05, 4.69) is 5.32 Å². The molecule has 0 radical (unpaired) electrons. The van der Waals surface area contributed by atoms with Gasteiger partial charge in [0.1, 0.15) is 0 Å². The highest BCUT2D eigenvalue weighted by Gasteiger charge is 2.15. The van der Waals surface area contributed by atoms with Crippen molar-refractivity contribution in [2.45, 2.75) is 25.9 Å². The Balaban J connectivity index is 2.65. The second-order valence-electron chi connectivity index (χ2n) is 4.40. The van der Waals surface area contributed by atoms with Gasteiger partial charge in [0.2, 0.25) is 0 Å². The first-order chi connectivity index (χ1) is 7.48. The highest BCUT2D eigenvalue weighted by Crippen LogP contribution is 2.26. The van der Waals surface area contributed by atoms with Crippen molar-refractivity contribution in [3.8, 4) is 11.5 Å². The molecule has 0 aromatic heterocycles. The van der Waals surface area contributed by atoms with Crippen LogP contribution < -0.4 is 10.1 Å². The highest BCUT2D eigenvalue weighted by atomic mass is 16.5. The Hall–Kier alpha value is -1.26. The van der Waals surface area contributed by atoms with Gasteiger partial charge < -0.3 is 20.3 Å². The molecule has 90 valence electrons. The predicted molar refractivity (Wildman–Crippen MR) is 62.7 cm³/mol. The van der Waals surface area contributed by atoms with Crippen LogP contribution in [0.2, 0.25) is 0 Å². The number of hydrogen-bond donors (Lipinski definition) is 3. The average molecular weight is 225 g/mol. The van der Waals surface area contributed by atoms with Gasteiger partial charge in [-0.15, -0.1) is 0 Å². The molecular formula is C12H19NO3. The van der Waals surface area contributed by atoms with E-state index in [0.29, 0.717) is 12.3 Å². The molecule has 0 bridgehead atoms. The van der Waals surface area contributed by atoms with Gasteiger partial charge in [-0.3, -0.25) is 0 Å². The summed E-state index contributed by atoms with van der Waals surface area (Å²) in [5.41, 5.74) is 0.620. The molecule has 0 unspecified atom stereocenters. The van der Waals surface area contributed by atoms with Gasteiger partial charge in [0.05, 0.1) is 13.7 Å². The van der Waals surface area contributed by atoms with Gasteiger partial charge in [-0.1, -0.05) is 6.07 Å². The van der Waals surface area contributed by atoms with Gasteiger partial charge in [-0.05, 0) is 31.5 Å². The summed E-state index contributed by atoms with van der Waals surface area (Å²) in [7, 11) is 1.52. The van der Waals surface area contributed by atoms with Gasteiger partial charge in [0.15, 0.2) is 11.5 Å². The molecule has 0 saturated heterocycles. The van der Waals surface area contributed by atoms with Crippen molar-refractivity contribution in [2.75, 3.05) is 13.7 Å². The number of phenolic OH excluding ortho intramolecular Hbond substituents is 1. The Morgan fingerprint density at radius 3 is 2.56 bits per heavy atom. The molecule has 0 amide bonds. The Kier molecular flexibility index (Phi) is 4.15. The molecule has 1 aromatic carbocycles. The van der Waals surface area contributed by atoms with Crippen molar-refractivity contribution in [3.63, 3.8) is 0 Å². The first-order valence-electron chi connectivity index (χ1n) is 5.20. The molecule has 3 N–H and O–H groups in total. The highest BCUT2D eigenvalue weighted by molar-refractivity contribution is 5.41. The number of phenols is 1. The van der Waals surface area contributed by atoms with Crippen LogP contribution in [0.15, 0.2) is 18.2 Å². The molecule has 1 aromatic rings. The molecular weight excluding hydrogens is 206 g/mol. The number of hydrogen-bond acceptors (Lipinski definition) is 4. The standard InChI is InChI=1S/C12H19NO3/c1-12(2,8-14)13-7-9-4-5-11(16-3)10(15)6-9/h4-6,13-15H,7-8H2,1-3H3. The van der Waals surface area contributed by atoms with Crippen LogP contribution in [-0.4, -0.2) is 29.5 Å². The topological polar surface area (TPSA) is 61.7 Å². The van der Waals surface area contributed by atoms with E-state index in [1.165, 1.54) is 7.11 Å². The zero-order chi connectivity index (χ0) is 12.2. The average Bonchev–Trinajstić information content (AvgIpc) is 2.27. The molecule has 0 heterocycles. The van der Waals surface area contributed by atoms with Crippen LogP contribution in [0.25, 0.3) is 0 Å². The molecule has 0 aliphatic carbocycles. The van der Waals surface area contributed by atoms with Gasteiger partial charge >= 0.3 is 0 Å². The van der Waals surface area contributed by atoms with Crippen LogP contribution in [0.3, 0.4) is 0 Å². The summed E-state index contributed by atoms with van der Waals surface area (Å²) < 4.78 is 4.96. The summed E-state index contributed by atoms with van der Waals surface area (Å²) in [6, 6.07) is 5.25. The predicted octanol–water partition coefficient (Wildman–Crippen LogP) is 1.26. The number of aromatic hydroxyl groups is 1. The lowest BCUT2D eigenvalue weighted by Crippen LogP contribution is -2.42. The molecule has 4 heteroatoms. The van der Waals surface area contributed by atoms with E-state index in [9.17, 15) is 5.11 Å². The third kappa shape index (κ3) is 3.40. The third-order valence-electron chi connectivity index (χ3n) is 2.41. The molecule has 0 fully saturated rings. The molecule has 0 atom stereocenters. The molecule has 0 spiro atoms. The van der Waals surface area contributed by atoms with Gasteiger partial charge in [-0.2, -0.15) is 0 Å². The molecule has 0 saturated carbocycles. The largest absolute Gasteiger partial charge is 0.504 e. The fourth-order valence-corrected chi connectivity index (χ4v) is 1.24. The quantitative estimate of drug-likeness (QED) is 0.706. The van der Waals surface area contributed by atoms with E-state index >= 15 is 0 Å². The maximum atomic E-state index is 9.58. The van der Waals surface area contributed by atoms with Crippen LogP contribution in [0, 0.1) is 0 Å². The minimum absolute atomic E-state index is 0.0646. The maximum absolute atomic E-state index is 9.58. The maximum Gasteiger partial charge on any atom is 0.160 e. The normalized spacial score (nSPS) is 11.5. The zero-order valence-electron chi connectivity index (χ0n) is 9.95. The molecule has 1 rings (SSSR count). The first-order valence-corrected chi connectivity index (χ1v) is 5.20. The van der Waals surface area contributed by atoms with Crippen LogP contribution >= 0.6 is 0 Å². The van der Waals surface area contributed by atoms with E-state index in [-0.39, 0.29) is 17.9 Å². The van der Waals surface area contributed by atoms with E-state index in [1.54, 1.807) is 12.1 Å². The number of benzene rings is 1. The lowest BCUT2D eigenvalue weighted by Gasteiger charge is -2.23. The van der Waals surface area contributed by atoms with Crippen LogP contribution in [0.4, 0.5) is 0 Å². The molecule has 0 aliphatic rings. The summed E-state index contributed by atoms with van der Waals surface area (Å²) in [5.74, 6) is 0.591. The summed E-state index contributed by atoms with van der Waals surface area (Å²) in [6.45, 7) is 4.48. The Labute approximate surface area is 95.9 Å². The van der Waals surface area contributed by atoms with E-state index < -0.39 is 0 Å². The number of methoxy groups -OCH3 is 1. The van der Waals surface area contributed by atoms with Crippen molar-refractivity contribution in [1.29, 1.82) is 0 Å². The van der Waals surface area contributed by atoms with Crippen molar-refractivity contribution in [1.82, 2.24) is 5.32 Å². The molecule has 16 heavy (non-hydrogen) atoms.